The second-order valence-electron chi connectivity index (χ2n) is 4.81. The van der Waals surface area contributed by atoms with E-state index in [4.69, 9.17) is 17.3 Å². The van der Waals surface area contributed by atoms with E-state index in [2.05, 4.69) is 21.9 Å². The van der Waals surface area contributed by atoms with Crippen LogP contribution in [0.2, 0.25) is 5.02 Å². The summed E-state index contributed by atoms with van der Waals surface area (Å²) in [6, 6.07) is 5.82. The zero-order chi connectivity index (χ0) is 16.7. The Bertz CT molecular complexity index is 764. The highest BCUT2D eigenvalue weighted by Crippen LogP contribution is 2.27. The first-order chi connectivity index (χ1) is 11.1. The largest absolute Gasteiger partial charge is 0.368 e. The van der Waals surface area contributed by atoms with Crippen molar-refractivity contribution in [1.29, 1.82) is 0 Å². The summed E-state index contributed by atoms with van der Waals surface area (Å²) in [4.78, 5) is 12.8. The van der Waals surface area contributed by atoms with Crippen LogP contribution in [0.1, 0.15) is 25.2 Å². The number of nitrogens with zero attached hydrogens (tertiary/aromatic N) is 3. The molecule has 0 unspecified atom stereocenters. The van der Waals surface area contributed by atoms with Gasteiger partial charge < -0.3 is 5.73 Å². The first-order valence-electron chi connectivity index (χ1n) is 7.40. The maximum Gasteiger partial charge on any atom is 0.224 e. The number of aryl methyl sites for hydroxylation is 1. The highest BCUT2D eigenvalue weighted by molar-refractivity contribution is 6.33. The normalized spacial score (nSPS) is 12.0. The lowest BCUT2D eigenvalue weighted by Crippen LogP contribution is -2.02. The number of benzene rings is 1. The lowest BCUT2D eigenvalue weighted by molar-refractivity contribution is 1.05. The van der Waals surface area contributed by atoms with Crippen molar-refractivity contribution < 1.29 is 0 Å². The Morgan fingerprint density at radius 1 is 1.09 bits per heavy atom. The molecule has 2 N–H and O–H groups in total. The van der Waals surface area contributed by atoms with Crippen molar-refractivity contribution in [3.8, 4) is 11.4 Å². The van der Waals surface area contributed by atoms with E-state index in [0.717, 1.165) is 17.5 Å². The molecule has 4 nitrogen and oxygen atoms in total. The van der Waals surface area contributed by atoms with E-state index in [1.165, 1.54) is 0 Å². The summed E-state index contributed by atoms with van der Waals surface area (Å²) < 4.78 is 0. The highest BCUT2D eigenvalue weighted by Gasteiger charge is 2.10. The molecule has 0 aliphatic rings. The molecule has 1 aromatic carbocycles. The zero-order valence-electron chi connectivity index (χ0n) is 13.2. The highest BCUT2D eigenvalue weighted by atomic mass is 35.5. The molecule has 0 bridgehead atoms. The van der Waals surface area contributed by atoms with Gasteiger partial charge in [-0.1, -0.05) is 55.0 Å². The lowest BCUT2D eigenvalue weighted by Gasteiger charge is -2.06. The standard InChI is InChI=1S/C18H19ClN4/c1-3-5-6-7-8-9-16-21-17(23-18(20)22-16)14-12-13(4-2)10-11-15(14)19/h3,5-12H,4H2,1-2H3,(H2,20,21,22,23)/b5-3-,7-6-,9-8+. The molecule has 0 spiro atoms. The fourth-order valence-corrected chi connectivity index (χ4v) is 2.15. The molecule has 23 heavy (non-hydrogen) atoms. The van der Waals surface area contributed by atoms with Gasteiger partial charge in [0.05, 0.1) is 5.02 Å². The number of hydrogen-bond donors (Lipinski definition) is 1. The molecule has 2 aromatic rings. The molecular weight excluding hydrogens is 308 g/mol. The maximum absolute atomic E-state index is 6.28. The molecule has 0 atom stereocenters. The van der Waals surface area contributed by atoms with Crippen LogP contribution >= 0.6 is 11.6 Å². The summed E-state index contributed by atoms with van der Waals surface area (Å²) in [5.74, 6) is 1.15. The summed E-state index contributed by atoms with van der Waals surface area (Å²) in [6.07, 6.45) is 12.2. The van der Waals surface area contributed by atoms with E-state index in [9.17, 15) is 0 Å². The van der Waals surface area contributed by atoms with E-state index in [-0.39, 0.29) is 5.95 Å². The smallest absolute Gasteiger partial charge is 0.224 e. The van der Waals surface area contributed by atoms with Crippen LogP contribution in [0.3, 0.4) is 0 Å². The second kappa shape index (κ2) is 8.25. The molecular formula is C18H19ClN4. The first kappa shape index (κ1) is 16.9. The van der Waals surface area contributed by atoms with Crippen molar-refractivity contribution in [3.63, 3.8) is 0 Å². The number of nitrogens with two attached hydrogens (primary N) is 1. The zero-order valence-corrected chi connectivity index (χ0v) is 14.0. The number of nitrogen functional groups attached to an aromatic ring is 1. The van der Waals surface area contributed by atoms with Gasteiger partial charge >= 0.3 is 0 Å². The van der Waals surface area contributed by atoms with Gasteiger partial charge in [-0.2, -0.15) is 9.97 Å². The summed E-state index contributed by atoms with van der Waals surface area (Å²) >= 11 is 6.28. The Kier molecular flexibility index (Phi) is 6.06. The number of hydrogen-bond acceptors (Lipinski definition) is 4. The number of rotatable bonds is 5. The van der Waals surface area contributed by atoms with Crippen molar-refractivity contribution in [1.82, 2.24) is 15.0 Å². The molecule has 0 amide bonds. The third kappa shape index (κ3) is 4.76. The van der Waals surface area contributed by atoms with Gasteiger partial charge in [0, 0.05) is 5.56 Å². The molecule has 0 fully saturated rings. The summed E-state index contributed by atoms with van der Waals surface area (Å²) in [7, 11) is 0. The summed E-state index contributed by atoms with van der Waals surface area (Å²) in [5, 5.41) is 0.593. The summed E-state index contributed by atoms with van der Waals surface area (Å²) in [6.45, 7) is 4.04. The Morgan fingerprint density at radius 2 is 1.87 bits per heavy atom. The third-order valence-electron chi connectivity index (χ3n) is 3.12. The van der Waals surface area contributed by atoms with E-state index in [1.54, 1.807) is 6.08 Å². The number of anilines is 1. The van der Waals surface area contributed by atoms with E-state index < -0.39 is 0 Å². The van der Waals surface area contributed by atoms with E-state index >= 15 is 0 Å². The van der Waals surface area contributed by atoms with E-state index in [0.29, 0.717) is 16.7 Å². The van der Waals surface area contributed by atoms with Crippen LogP contribution in [0.5, 0.6) is 0 Å². The molecule has 1 aromatic heterocycles. The molecule has 0 aliphatic carbocycles. The number of halogens is 1. The van der Waals surface area contributed by atoms with Crippen LogP contribution in [0.4, 0.5) is 5.95 Å². The van der Waals surface area contributed by atoms with Crippen molar-refractivity contribution in [2.24, 2.45) is 0 Å². The van der Waals surface area contributed by atoms with Gasteiger partial charge in [-0.3, -0.25) is 0 Å². The number of allylic oxidation sites excluding steroid dienone is 5. The van der Waals surface area contributed by atoms with Crippen molar-refractivity contribution >= 4 is 23.6 Å². The molecule has 0 radical (unpaired) electrons. The molecule has 1 heterocycles. The molecule has 2 rings (SSSR count). The topological polar surface area (TPSA) is 64.7 Å². The van der Waals surface area contributed by atoms with Gasteiger partial charge in [-0.25, -0.2) is 4.98 Å². The SMILES string of the molecule is C\C=C/C=C\C=C\c1nc(N)nc(-c2cc(CC)ccc2Cl)n1. The monoisotopic (exact) mass is 326 g/mol. The van der Waals surface area contributed by atoms with Gasteiger partial charge in [0.2, 0.25) is 5.95 Å². The van der Waals surface area contributed by atoms with Gasteiger partial charge in [0.15, 0.2) is 11.6 Å². The van der Waals surface area contributed by atoms with Crippen LogP contribution in [-0.4, -0.2) is 15.0 Å². The molecule has 0 saturated heterocycles. The molecule has 118 valence electrons. The Hall–Kier alpha value is -2.46. The van der Waals surface area contributed by atoms with Crippen molar-refractivity contribution in [3.05, 3.63) is 65.0 Å². The predicted molar refractivity (Wildman–Crippen MR) is 97.1 cm³/mol. The van der Waals surface area contributed by atoms with Crippen LogP contribution in [-0.2, 0) is 6.42 Å². The van der Waals surface area contributed by atoms with Gasteiger partial charge in [-0.05, 0) is 37.1 Å². The summed E-state index contributed by atoms with van der Waals surface area (Å²) in [5.41, 5.74) is 7.73. The Balaban J connectivity index is 2.37. The van der Waals surface area contributed by atoms with Crippen LogP contribution in [0.25, 0.3) is 17.5 Å². The van der Waals surface area contributed by atoms with Crippen molar-refractivity contribution in [2.75, 3.05) is 5.73 Å². The minimum atomic E-state index is 0.171. The predicted octanol–water partition coefficient (Wildman–Crippen LogP) is 4.48. The first-order valence-corrected chi connectivity index (χ1v) is 7.78. The van der Waals surface area contributed by atoms with Gasteiger partial charge in [0.1, 0.15) is 0 Å². The van der Waals surface area contributed by atoms with Crippen LogP contribution in [0.15, 0.2) is 48.6 Å². The maximum atomic E-state index is 6.28. The van der Waals surface area contributed by atoms with Gasteiger partial charge in [0.25, 0.3) is 0 Å². The molecule has 5 heteroatoms. The average Bonchev–Trinajstić information content (AvgIpc) is 2.54. The van der Waals surface area contributed by atoms with E-state index in [1.807, 2.05) is 55.5 Å². The third-order valence-corrected chi connectivity index (χ3v) is 3.45. The Labute approximate surface area is 141 Å². The minimum absolute atomic E-state index is 0.171. The molecule has 0 saturated carbocycles. The molecule has 0 aliphatic heterocycles. The second-order valence-corrected chi connectivity index (χ2v) is 5.22. The van der Waals surface area contributed by atoms with Crippen molar-refractivity contribution in [2.45, 2.75) is 20.3 Å². The average molecular weight is 327 g/mol. The number of aromatic nitrogens is 3. The lowest BCUT2D eigenvalue weighted by atomic mass is 10.1. The van der Waals surface area contributed by atoms with Crippen LogP contribution in [0, 0.1) is 0 Å². The van der Waals surface area contributed by atoms with Crippen LogP contribution < -0.4 is 5.73 Å². The fourth-order valence-electron chi connectivity index (χ4n) is 1.95. The Morgan fingerprint density at radius 3 is 2.61 bits per heavy atom. The fraction of sp³-hybridized carbons (Fsp3) is 0.167. The minimum Gasteiger partial charge on any atom is -0.368 e. The quantitative estimate of drug-likeness (QED) is 0.822. The van der Waals surface area contributed by atoms with Gasteiger partial charge in [-0.15, -0.1) is 0 Å².